The van der Waals surface area contributed by atoms with Gasteiger partial charge in [-0.2, -0.15) is 4.98 Å². The van der Waals surface area contributed by atoms with Gasteiger partial charge in [0.1, 0.15) is 0 Å². The highest BCUT2D eigenvalue weighted by atomic mass is 16.5. The largest absolute Gasteiger partial charge is 0.339 e. The van der Waals surface area contributed by atoms with E-state index in [1.165, 1.54) is 12.8 Å². The second kappa shape index (κ2) is 2.80. The molecule has 4 heteroatoms. The Morgan fingerprint density at radius 1 is 1.38 bits per heavy atom. The zero-order chi connectivity index (χ0) is 8.67. The molecule has 2 aliphatic rings. The van der Waals surface area contributed by atoms with Gasteiger partial charge in [-0.1, -0.05) is 5.16 Å². The molecule has 1 saturated heterocycles. The van der Waals surface area contributed by atoms with Crippen molar-refractivity contribution in [3.8, 4) is 0 Å². The topological polar surface area (TPSA) is 51.0 Å². The Morgan fingerprint density at radius 3 is 2.85 bits per heavy atom. The van der Waals surface area contributed by atoms with Crippen molar-refractivity contribution in [2.75, 3.05) is 13.1 Å². The maximum atomic E-state index is 5.18. The number of nitrogens with zero attached hydrogens (tertiary/aromatic N) is 2. The lowest BCUT2D eigenvalue weighted by Gasteiger charge is -2.25. The lowest BCUT2D eigenvalue weighted by Crippen LogP contribution is -2.43. The van der Waals surface area contributed by atoms with Crippen molar-refractivity contribution < 1.29 is 4.52 Å². The molecule has 3 rings (SSSR count). The third-order valence-corrected chi connectivity index (χ3v) is 2.76. The van der Waals surface area contributed by atoms with Crippen molar-refractivity contribution in [3.63, 3.8) is 0 Å². The maximum Gasteiger partial charge on any atom is 0.227 e. The Bertz CT molecular complexity index is 302. The van der Waals surface area contributed by atoms with E-state index in [-0.39, 0.29) is 0 Å². The van der Waals surface area contributed by atoms with Crippen LogP contribution in [0.25, 0.3) is 0 Å². The summed E-state index contributed by atoms with van der Waals surface area (Å²) in [6, 6.07) is 0. The lowest BCUT2D eigenvalue weighted by atomic mass is 10.00. The van der Waals surface area contributed by atoms with Gasteiger partial charge < -0.3 is 9.84 Å². The summed E-state index contributed by atoms with van der Waals surface area (Å²) in [6.07, 6.45) is 3.43. The summed E-state index contributed by atoms with van der Waals surface area (Å²) in [5.41, 5.74) is 0. The van der Waals surface area contributed by atoms with Crippen LogP contribution in [0.5, 0.6) is 0 Å². The number of rotatable bonds is 3. The second-order valence-corrected chi connectivity index (χ2v) is 4.05. The van der Waals surface area contributed by atoms with Gasteiger partial charge in [-0.3, -0.25) is 0 Å². The fourth-order valence-electron chi connectivity index (χ4n) is 1.60. The van der Waals surface area contributed by atoms with Crippen LogP contribution in [0, 0.1) is 5.92 Å². The molecule has 0 spiro atoms. The van der Waals surface area contributed by atoms with Gasteiger partial charge in [0.15, 0.2) is 5.82 Å². The highest BCUT2D eigenvalue weighted by Crippen LogP contribution is 2.38. The molecular formula is C9H13N3O. The molecule has 0 atom stereocenters. The van der Waals surface area contributed by atoms with Crippen molar-refractivity contribution in [2.45, 2.75) is 25.2 Å². The van der Waals surface area contributed by atoms with E-state index in [0.29, 0.717) is 11.8 Å². The number of nitrogens with one attached hydrogen (secondary N) is 1. The molecule has 0 radical (unpaired) electrons. The molecule has 1 aromatic rings. The van der Waals surface area contributed by atoms with Gasteiger partial charge >= 0.3 is 0 Å². The minimum absolute atomic E-state index is 0.608. The van der Waals surface area contributed by atoms with Gasteiger partial charge in [-0.25, -0.2) is 0 Å². The Kier molecular flexibility index (Phi) is 1.62. The molecule has 2 heterocycles. The van der Waals surface area contributed by atoms with Crippen LogP contribution in [0.4, 0.5) is 0 Å². The molecule has 0 aromatic carbocycles. The fraction of sp³-hybridized carbons (Fsp3) is 0.778. The van der Waals surface area contributed by atoms with Gasteiger partial charge in [0.05, 0.1) is 0 Å². The van der Waals surface area contributed by atoms with E-state index in [9.17, 15) is 0 Å². The monoisotopic (exact) mass is 179 g/mol. The molecule has 2 fully saturated rings. The number of aromatic nitrogens is 2. The van der Waals surface area contributed by atoms with E-state index in [4.69, 9.17) is 4.52 Å². The summed E-state index contributed by atoms with van der Waals surface area (Å²) in [5, 5.41) is 7.22. The van der Waals surface area contributed by atoms with E-state index in [1.807, 2.05) is 0 Å². The maximum absolute atomic E-state index is 5.18. The van der Waals surface area contributed by atoms with E-state index < -0.39 is 0 Å². The third kappa shape index (κ3) is 1.46. The average Bonchev–Trinajstić information content (AvgIpc) is 2.80. The fourth-order valence-corrected chi connectivity index (χ4v) is 1.60. The SMILES string of the molecule is C1NCC1Cc1nc(C2CC2)no1. The van der Waals surface area contributed by atoms with Crippen LogP contribution < -0.4 is 5.32 Å². The molecular weight excluding hydrogens is 166 g/mol. The van der Waals surface area contributed by atoms with Crippen LogP contribution in [-0.2, 0) is 6.42 Å². The van der Waals surface area contributed by atoms with Crippen molar-refractivity contribution in [1.29, 1.82) is 0 Å². The first-order chi connectivity index (χ1) is 6.42. The zero-order valence-electron chi connectivity index (χ0n) is 7.49. The third-order valence-electron chi connectivity index (χ3n) is 2.76. The van der Waals surface area contributed by atoms with Crippen molar-refractivity contribution in [1.82, 2.24) is 15.5 Å². The minimum Gasteiger partial charge on any atom is -0.339 e. The standard InChI is InChI=1S/C9H13N3O/c1-2-7(1)9-11-8(13-12-9)3-6-4-10-5-6/h6-7,10H,1-5H2. The lowest BCUT2D eigenvalue weighted by molar-refractivity contribution is 0.295. The average molecular weight is 179 g/mol. The summed E-state index contributed by atoms with van der Waals surface area (Å²) < 4.78 is 5.18. The minimum atomic E-state index is 0.608. The normalized spacial score (nSPS) is 23.1. The van der Waals surface area contributed by atoms with Crippen LogP contribution in [0.2, 0.25) is 0 Å². The van der Waals surface area contributed by atoms with E-state index in [1.54, 1.807) is 0 Å². The first kappa shape index (κ1) is 7.50. The summed E-state index contributed by atoms with van der Waals surface area (Å²) in [5.74, 6) is 3.08. The quantitative estimate of drug-likeness (QED) is 0.742. The summed E-state index contributed by atoms with van der Waals surface area (Å²) >= 11 is 0. The van der Waals surface area contributed by atoms with Crippen LogP contribution in [0.1, 0.15) is 30.5 Å². The van der Waals surface area contributed by atoms with Gasteiger partial charge in [0.2, 0.25) is 5.89 Å². The molecule has 0 bridgehead atoms. The molecule has 1 N–H and O–H groups in total. The molecule has 1 saturated carbocycles. The summed E-state index contributed by atoms with van der Waals surface area (Å²) in [6.45, 7) is 2.20. The van der Waals surface area contributed by atoms with Crippen molar-refractivity contribution in [2.24, 2.45) is 5.92 Å². The van der Waals surface area contributed by atoms with Crippen LogP contribution in [-0.4, -0.2) is 23.2 Å². The highest BCUT2D eigenvalue weighted by Gasteiger charge is 2.29. The van der Waals surface area contributed by atoms with Crippen molar-refractivity contribution >= 4 is 0 Å². The van der Waals surface area contributed by atoms with E-state index in [0.717, 1.165) is 31.2 Å². The van der Waals surface area contributed by atoms with Gasteiger partial charge in [0, 0.05) is 12.3 Å². The van der Waals surface area contributed by atoms with Crippen molar-refractivity contribution in [3.05, 3.63) is 11.7 Å². The van der Waals surface area contributed by atoms with Crippen LogP contribution in [0.3, 0.4) is 0 Å². The van der Waals surface area contributed by atoms with Crippen LogP contribution in [0.15, 0.2) is 4.52 Å². The Labute approximate surface area is 76.7 Å². The Balaban J connectivity index is 1.66. The van der Waals surface area contributed by atoms with E-state index >= 15 is 0 Å². The van der Waals surface area contributed by atoms with Gasteiger partial charge in [-0.05, 0) is 31.8 Å². The predicted molar refractivity (Wildman–Crippen MR) is 46.3 cm³/mol. The van der Waals surface area contributed by atoms with Gasteiger partial charge in [0.25, 0.3) is 0 Å². The number of hydrogen-bond donors (Lipinski definition) is 1. The molecule has 1 aliphatic carbocycles. The predicted octanol–water partition coefficient (Wildman–Crippen LogP) is 0.709. The van der Waals surface area contributed by atoms with Gasteiger partial charge in [-0.15, -0.1) is 0 Å². The first-order valence-electron chi connectivity index (χ1n) is 4.95. The summed E-state index contributed by atoms with van der Waals surface area (Å²) in [7, 11) is 0. The van der Waals surface area contributed by atoms with Crippen LogP contribution >= 0.6 is 0 Å². The summed E-state index contributed by atoms with van der Waals surface area (Å²) in [4.78, 5) is 4.39. The second-order valence-electron chi connectivity index (χ2n) is 4.05. The Hall–Kier alpha value is -0.900. The first-order valence-corrected chi connectivity index (χ1v) is 4.95. The molecule has 0 unspecified atom stereocenters. The molecule has 1 aliphatic heterocycles. The van der Waals surface area contributed by atoms with E-state index in [2.05, 4.69) is 15.5 Å². The number of hydrogen-bond acceptors (Lipinski definition) is 4. The zero-order valence-corrected chi connectivity index (χ0v) is 7.49. The molecule has 4 nitrogen and oxygen atoms in total. The molecule has 13 heavy (non-hydrogen) atoms. The highest BCUT2D eigenvalue weighted by molar-refractivity contribution is 5.03. The Morgan fingerprint density at radius 2 is 2.23 bits per heavy atom. The molecule has 0 amide bonds. The molecule has 1 aromatic heterocycles. The molecule has 70 valence electrons. The smallest absolute Gasteiger partial charge is 0.227 e.